The molecular weight excluding hydrogens is 292 g/mol. The van der Waals surface area contributed by atoms with Crippen molar-refractivity contribution in [3.63, 3.8) is 0 Å². The highest BCUT2D eigenvalue weighted by Gasteiger charge is 2.23. The Morgan fingerprint density at radius 1 is 1.13 bits per heavy atom. The minimum atomic E-state index is -0.696. The van der Waals surface area contributed by atoms with Gasteiger partial charge in [-0.15, -0.1) is 0 Å². The van der Waals surface area contributed by atoms with Crippen molar-refractivity contribution in [2.45, 2.75) is 13.8 Å². The number of nitrogens with one attached hydrogen (secondary N) is 1. The Bertz CT molecular complexity index is 713. The number of methoxy groups -OCH3 is 1. The van der Waals surface area contributed by atoms with Crippen LogP contribution in [0.2, 0.25) is 0 Å². The summed E-state index contributed by atoms with van der Waals surface area (Å²) in [5, 5.41) is 2.61. The number of hydrogen-bond acceptors (Lipinski definition) is 3. The van der Waals surface area contributed by atoms with Crippen LogP contribution in [0.1, 0.15) is 12.5 Å². The summed E-state index contributed by atoms with van der Waals surface area (Å²) >= 11 is 0. The molecule has 0 saturated heterocycles. The van der Waals surface area contributed by atoms with Gasteiger partial charge in [-0.3, -0.25) is 9.59 Å². The lowest BCUT2D eigenvalue weighted by molar-refractivity contribution is -0.134. The molecule has 0 fully saturated rings. The molecule has 0 bridgehead atoms. The van der Waals surface area contributed by atoms with Gasteiger partial charge < -0.3 is 15.0 Å². The number of amides is 2. The van der Waals surface area contributed by atoms with Crippen LogP contribution in [0.5, 0.6) is 5.75 Å². The third-order valence-electron chi connectivity index (χ3n) is 3.42. The lowest BCUT2D eigenvalue weighted by Crippen LogP contribution is -2.39. The lowest BCUT2D eigenvalue weighted by Gasteiger charge is -2.21. The quantitative estimate of drug-likeness (QED) is 0.883. The molecule has 0 radical (unpaired) electrons. The van der Waals surface area contributed by atoms with E-state index in [4.69, 9.17) is 4.74 Å². The molecule has 2 amide bonds. The van der Waals surface area contributed by atoms with E-state index in [2.05, 4.69) is 5.32 Å². The second kappa shape index (κ2) is 7.45. The first-order valence-corrected chi connectivity index (χ1v) is 7.39. The Labute approximate surface area is 135 Å². The second-order valence-corrected chi connectivity index (χ2v) is 5.04. The highest BCUT2D eigenvalue weighted by atomic mass is 16.5. The van der Waals surface area contributed by atoms with Gasteiger partial charge in [0.2, 0.25) is 0 Å². The Morgan fingerprint density at radius 2 is 1.87 bits per heavy atom. The summed E-state index contributed by atoms with van der Waals surface area (Å²) in [5.74, 6) is -0.797. The Kier molecular flexibility index (Phi) is 5.36. The fraction of sp³-hybridized carbons (Fsp3) is 0.222. The zero-order chi connectivity index (χ0) is 16.8. The largest absolute Gasteiger partial charge is 0.495 e. The van der Waals surface area contributed by atoms with E-state index in [0.29, 0.717) is 23.7 Å². The highest BCUT2D eigenvalue weighted by molar-refractivity contribution is 6.44. The topological polar surface area (TPSA) is 58.6 Å². The summed E-state index contributed by atoms with van der Waals surface area (Å²) < 4.78 is 5.17. The van der Waals surface area contributed by atoms with Crippen molar-refractivity contribution in [3.05, 3.63) is 54.1 Å². The molecule has 2 aromatic carbocycles. The first-order chi connectivity index (χ1) is 11.1. The molecule has 0 aliphatic carbocycles. The van der Waals surface area contributed by atoms with Gasteiger partial charge in [0.15, 0.2) is 0 Å². The Morgan fingerprint density at radius 3 is 2.52 bits per heavy atom. The molecule has 23 heavy (non-hydrogen) atoms. The number of nitrogens with zero attached hydrogens (tertiary/aromatic N) is 1. The van der Waals surface area contributed by atoms with Crippen LogP contribution < -0.4 is 15.0 Å². The van der Waals surface area contributed by atoms with E-state index in [1.165, 1.54) is 12.0 Å². The van der Waals surface area contributed by atoms with Crippen LogP contribution in [0.15, 0.2) is 48.5 Å². The molecule has 0 saturated carbocycles. The molecule has 5 nitrogen and oxygen atoms in total. The van der Waals surface area contributed by atoms with Crippen LogP contribution in [0.3, 0.4) is 0 Å². The second-order valence-electron chi connectivity index (χ2n) is 5.04. The zero-order valence-corrected chi connectivity index (χ0v) is 13.5. The number of hydrogen-bond donors (Lipinski definition) is 1. The molecule has 5 heteroatoms. The fourth-order valence-corrected chi connectivity index (χ4v) is 2.29. The third-order valence-corrected chi connectivity index (χ3v) is 3.42. The van der Waals surface area contributed by atoms with E-state index in [9.17, 15) is 9.59 Å². The molecule has 0 aromatic heterocycles. The highest BCUT2D eigenvalue weighted by Crippen LogP contribution is 2.23. The monoisotopic (exact) mass is 312 g/mol. The number of carbonyl (C=O) groups is 2. The summed E-state index contributed by atoms with van der Waals surface area (Å²) in [6, 6.07) is 14.4. The van der Waals surface area contributed by atoms with Gasteiger partial charge in [-0.05, 0) is 43.7 Å². The molecule has 2 aromatic rings. The van der Waals surface area contributed by atoms with E-state index in [1.807, 2.05) is 38.1 Å². The van der Waals surface area contributed by atoms with Crippen molar-refractivity contribution in [3.8, 4) is 5.75 Å². The van der Waals surface area contributed by atoms with Gasteiger partial charge in [-0.25, -0.2) is 0 Å². The maximum absolute atomic E-state index is 12.5. The van der Waals surface area contributed by atoms with E-state index in [-0.39, 0.29) is 0 Å². The van der Waals surface area contributed by atoms with Crippen molar-refractivity contribution in [1.29, 1.82) is 0 Å². The molecule has 2 rings (SSSR count). The standard InChI is InChI=1S/C18H20N2O3/c1-4-20(14-9-7-8-13(2)12-14)18(22)17(21)19-15-10-5-6-11-16(15)23-3/h5-12H,4H2,1-3H3,(H,19,21). The minimum Gasteiger partial charge on any atom is -0.495 e. The molecular formula is C18H20N2O3. The van der Waals surface area contributed by atoms with Crippen LogP contribution in [0, 0.1) is 6.92 Å². The SMILES string of the molecule is CCN(C(=O)C(=O)Nc1ccccc1OC)c1cccc(C)c1. The molecule has 1 N–H and O–H groups in total. The fourth-order valence-electron chi connectivity index (χ4n) is 2.29. The predicted octanol–water partition coefficient (Wildman–Crippen LogP) is 3.00. The van der Waals surface area contributed by atoms with Gasteiger partial charge >= 0.3 is 11.8 Å². The summed E-state index contributed by atoms with van der Waals surface area (Å²) in [7, 11) is 1.51. The minimum absolute atomic E-state index is 0.404. The maximum atomic E-state index is 12.5. The smallest absolute Gasteiger partial charge is 0.316 e. The van der Waals surface area contributed by atoms with Gasteiger partial charge in [0, 0.05) is 12.2 Å². The maximum Gasteiger partial charge on any atom is 0.316 e. The molecule has 120 valence electrons. The van der Waals surface area contributed by atoms with Crippen LogP contribution in [-0.2, 0) is 9.59 Å². The zero-order valence-electron chi connectivity index (χ0n) is 13.5. The summed E-state index contributed by atoms with van der Waals surface area (Å²) in [6.45, 7) is 4.18. The van der Waals surface area contributed by atoms with Crippen molar-refractivity contribution in [2.24, 2.45) is 0 Å². The van der Waals surface area contributed by atoms with Crippen LogP contribution >= 0.6 is 0 Å². The van der Waals surface area contributed by atoms with Gasteiger partial charge in [0.25, 0.3) is 0 Å². The van der Waals surface area contributed by atoms with E-state index in [1.54, 1.807) is 24.3 Å². The first kappa shape index (κ1) is 16.5. The average molecular weight is 312 g/mol. The molecule has 0 aliphatic rings. The molecule has 0 spiro atoms. The van der Waals surface area contributed by atoms with Gasteiger partial charge in [0.05, 0.1) is 12.8 Å². The summed E-state index contributed by atoms with van der Waals surface area (Å²) in [6.07, 6.45) is 0. The number of rotatable bonds is 4. The van der Waals surface area contributed by atoms with Crippen molar-refractivity contribution < 1.29 is 14.3 Å². The number of benzene rings is 2. The number of anilines is 2. The van der Waals surface area contributed by atoms with Crippen LogP contribution in [0.25, 0.3) is 0 Å². The molecule has 0 atom stereocenters. The normalized spacial score (nSPS) is 10.0. The van der Waals surface area contributed by atoms with Crippen molar-refractivity contribution >= 4 is 23.2 Å². The van der Waals surface area contributed by atoms with Gasteiger partial charge in [0.1, 0.15) is 5.75 Å². The molecule has 0 unspecified atom stereocenters. The Hall–Kier alpha value is -2.82. The number of carbonyl (C=O) groups excluding carboxylic acids is 2. The summed E-state index contributed by atoms with van der Waals surface area (Å²) in [5.41, 5.74) is 2.19. The van der Waals surface area contributed by atoms with E-state index in [0.717, 1.165) is 5.56 Å². The Balaban J connectivity index is 2.19. The average Bonchev–Trinajstić information content (AvgIpc) is 2.56. The van der Waals surface area contributed by atoms with Crippen LogP contribution in [-0.4, -0.2) is 25.5 Å². The van der Waals surface area contributed by atoms with Gasteiger partial charge in [-0.2, -0.15) is 0 Å². The number of likely N-dealkylation sites (N-methyl/N-ethyl adjacent to an activating group) is 1. The van der Waals surface area contributed by atoms with E-state index >= 15 is 0 Å². The van der Waals surface area contributed by atoms with Gasteiger partial charge in [-0.1, -0.05) is 24.3 Å². The first-order valence-electron chi connectivity index (χ1n) is 7.39. The summed E-state index contributed by atoms with van der Waals surface area (Å²) in [4.78, 5) is 26.2. The van der Waals surface area contributed by atoms with E-state index < -0.39 is 11.8 Å². The molecule has 0 aliphatic heterocycles. The number of ether oxygens (including phenoxy) is 1. The number of para-hydroxylation sites is 2. The molecule has 0 heterocycles. The third kappa shape index (κ3) is 3.88. The lowest BCUT2D eigenvalue weighted by atomic mass is 10.2. The van der Waals surface area contributed by atoms with Crippen LogP contribution in [0.4, 0.5) is 11.4 Å². The number of aryl methyl sites for hydroxylation is 1. The van der Waals surface area contributed by atoms with Crippen molar-refractivity contribution in [1.82, 2.24) is 0 Å². The van der Waals surface area contributed by atoms with Crippen molar-refractivity contribution in [2.75, 3.05) is 23.9 Å². The predicted molar refractivity (Wildman–Crippen MR) is 90.8 cm³/mol.